The summed E-state index contributed by atoms with van der Waals surface area (Å²) in [6, 6.07) is 10.00. The first kappa shape index (κ1) is 18.9. The molecule has 1 aromatic carbocycles. The Kier molecular flexibility index (Phi) is 5.63. The second kappa shape index (κ2) is 7.76. The van der Waals surface area contributed by atoms with Crippen LogP contribution in [0.5, 0.6) is 0 Å². The topological polar surface area (TPSA) is 68.5 Å². The van der Waals surface area contributed by atoms with Crippen LogP contribution in [0.2, 0.25) is 0 Å². The van der Waals surface area contributed by atoms with Gasteiger partial charge in [0, 0.05) is 30.0 Å². The molecule has 1 aromatic heterocycles. The average Bonchev–Trinajstić information content (AvgIpc) is 3.04. The Morgan fingerprint density at radius 2 is 2.08 bits per heavy atom. The molecule has 1 fully saturated rings. The Bertz CT molecular complexity index is 739. The highest BCUT2D eigenvalue weighted by Crippen LogP contribution is 2.27. The summed E-state index contributed by atoms with van der Waals surface area (Å²) < 4.78 is 5.58. The van der Waals surface area contributed by atoms with Gasteiger partial charge in [-0.3, -0.25) is 0 Å². The van der Waals surface area contributed by atoms with E-state index in [0.29, 0.717) is 13.0 Å². The highest BCUT2D eigenvalue weighted by atomic mass is 32.1. The van der Waals surface area contributed by atoms with E-state index in [1.165, 1.54) is 0 Å². The lowest BCUT2D eigenvalue weighted by molar-refractivity contribution is 0.00686. The van der Waals surface area contributed by atoms with Crippen molar-refractivity contribution in [3.05, 3.63) is 41.4 Å². The maximum absolute atomic E-state index is 12.6. The number of piperidine rings is 1. The summed E-state index contributed by atoms with van der Waals surface area (Å²) in [5.74, 6) is 0. The van der Waals surface area contributed by atoms with Gasteiger partial charge in [0.15, 0.2) is 0 Å². The molecule has 5 nitrogen and oxygen atoms in total. The Morgan fingerprint density at radius 3 is 2.77 bits per heavy atom. The molecule has 0 radical (unpaired) electrons. The summed E-state index contributed by atoms with van der Waals surface area (Å²) in [5, 5.41) is 3.06. The number of thiazole rings is 1. The van der Waals surface area contributed by atoms with Crippen molar-refractivity contribution < 1.29 is 9.53 Å². The zero-order chi connectivity index (χ0) is 18.7. The van der Waals surface area contributed by atoms with Crippen molar-refractivity contribution in [1.29, 1.82) is 0 Å². The SMILES string of the molecule is CC(C)(C)OC(=O)N1CCC[C@H](N)[C@@H]1Cc1csc(-c2ccccc2)n1. The van der Waals surface area contributed by atoms with E-state index >= 15 is 0 Å². The molecule has 1 aliphatic heterocycles. The molecular formula is C20H27N3O2S. The van der Waals surface area contributed by atoms with Crippen molar-refractivity contribution in [3.63, 3.8) is 0 Å². The molecule has 0 bridgehead atoms. The standard InChI is InChI=1S/C20H27N3O2S/c1-20(2,3)25-19(24)23-11-7-10-16(21)17(23)12-15-13-26-18(22-15)14-8-5-4-6-9-14/h4-6,8-9,13,16-17H,7,10-12,21H2,1-3H3/t16-,17-/m0/s1. The fraction of sp³-hybridized carbons (Fsp3) is 0.500. The van der Waals surface area contributed by atoms with Gasteiger partial charge < -0.3 is 15.4 Å². The number of rotatable bonds is 3. The van der Waals surface area contributed by atoms with Crippen molar-refractivity contribution in [2.45, 2.75) is 57.7 Å². The first-order valence-electron chi connectivity index (χ1n) is 9.08. The van der Waals surface area contributed by atoms with E-state index in [4.69, 9.17) is 15.5 Å². The molecule has 2 aromatic rings. The van der Waals surface area contributed by atoms with Crippen LogP contribution in [0.4, 0.5) is 4.79 Å². The minimum Gasteiger partial charge on any atom is -0.444 e. The summed E-state index contributed by atoms with van der Waals surface area (Å²) in [6.07, 6.45) is 2.20. The van der Waals surface area contributed by atoms with E-state index in [1.807, 2.05) is 39.0 Å². The molecule has 1 aliphatic rings. The van der Waals surface area contributed by atoms with Gasteiger partial charge in [0.05, 0.1) is 11.7 Å². The predicted octanol–water partition coefficient (Wildman–Crippen LogP) is 4.08. The highest BCUT2D eigenvalue weighted by molar-refractivity contribution is 7.13. The Labute approximate surface area is 159 Å². The highest BCUT2D eigenvalue weighted by Gasteiger charge is 2.35. The number of nitrogens with two attached hydrogens (primary N) is 1. The maximum Gasteiger partial charge on any atom is 0.410 e. The van der Waals surface area contributed by atoms with Gasteiger partial charge in [-0.2, -0.15) is 0 Å². The number of nitrogens with zero attached hydrogens (tertiary/aromatic N) is 2. The summed E-state index contributed by atoms with van der Waals surface area (Å²) in [4.78, 5) is 19.2. The predicted molar refractivity (Wildman–Crippen MR) is 105 cm³/mol. The number of hydrogen-bond donors (Lipinski definition) is 1. The fourth-order valence-electron chi connectivity index (χ4n) is 3.22. The molecule has 0 saturated carbocycles. The quantitative estimate of drug-likeness (QED) is 0.880. The van der Waals surface area contributed by atoms with Crippen LogP contribution in [-0.4, -0.2) is 40.2 Å². The number of hydrogen-bond acceptors (Lipinski definition) is 5. The van der Waals surface area contributed by atoms with Gasteiger partial charge in [0.1, 0.15) is 10.6 Å². The van der Waals surface area contributed by atoms with E-state index in [-0.39, 0.29) is 18.2 Å². The van der Waals surface area contributed by atoms with Gasteiger partial charge in [-0.05, 0) is 33.6 Å². The Balaban J connectivity index is 1.75. The van der Waals surface area contributed by atoms with Gasteiger partial charge in [0.25, 0.3) is 0 Å². The lowest BCUT2D eigenvalue weighted by Gasteiger charge is -2.40. The van der Waals surface area contributed by atoms with Crippen LogP contribution in [0.25, 0.3) is 10.6 Å². The van der Waals surface area contributed by atoms with Crippen LogP contribution in [0.1, 0.15) is 39.3 Å². The summed E-state index contributed by atoms with van der Waals surface area (Å²) in [5.41, 5.74) is 7.94. The monoisotopic (exact) mass is 373 g/mol. The third-order valence-corrected chi connectivity index (χ3v) is 5.39. The van der Waals surface area contributed by atoms with Gasteiger partial charge in [-0.1, -0.05) is 30.3 Å². The smallest absolute Gasteiger partial charge is 0.410 e. The van der Waals surface area contributed by atoms with Crippen LogP contribution in [0.3, 0.4) is 0 Å². The lowest BCUT2D eigenvalue weighted by Crippen LogP contribution is -2.56. The molecule has 1 amide bonds. The molecule has 2 heterocycles. The molecule has 0 unspecified atom stereocenters. The van der Waals surface area contributed by atoms with E-state index in [0.717, 1.165) is 29.1 Å². The molecule has 3 rings (SSSR count). The van der Waals surface area contributed by atoms with E-state index < -0.39 is 5.60 Å². The fourth-order valence-corrected chi connectivity index (χ4v) is 4.06. The first-order valence-corrected chi connectivity index (χ1v) is 9.96. The van der Waals surface area contributed by atoms with Crippen LogP contribution in [0.15, 0.2) is 35.7 Å². The van der Waals surface area contributed by atoms with Gasteiger partial charge in [-0.25, -0.2) is 9.78 Å². The summed E-state index contributed by atoms with van der Waals surface area (Å²) >= 11 is 1.63. The van der Waals surface area contributed by atoms with Crippen molar-refractivity contribution >= 4 is 17.4 Å². The van der Waals surface area contributed by atoms with E-state index in [1.54, 1.807) is 16.2 Å². The zero-order valence-corrected chi connectivity index (χ0v) is 16.5. The zero-order valence-electron chi connectivity index (χ0n) is 15.6. The van der Waals surface area contributed by atoms with Gasteiger partial charge >= 0.3 is 6.09 Å². The number of aromatic nitrogens is 1. The number of carbonyl (C=O) groups excluding carboxylic acids is 1. The second-order valence-corrected chi connectivity index (χ2v) is 8.62. The van der Waals surface area contributed by atoms with E-state index in [2.05, 4.69) is 17.5 Å². The molecular weight excluding hydrogens is 346 g/mol. The molecule has 6 heteroatoms. The number of likely N-dealkylation sites (tertiary alicyclic amines) is 1. The van der Waals surface area contributed by atoms with Crippen molar-refractivity contribution in [2.75, 3.05) is 6.54 Å². The molecule has 2 N–H and O–H groups in total. The molecule has 140 valence electrons. The molecule has 2 atom stereocenters. The third kappa shape index (κ3) is 4.62. The molecule has 0 spiro atoms. The second-order valence-electron chi connectivity index (χ2n) is 7.76. The maximum atomic E-state index is 12.6. The van der Waals surface area contributed by atoms with Crippen molar-refractivity contribution in [2.24, 2.45) is 5.73 Å². The number of ether oxygens (including phenoxy) is 1. The van der Waals surface area contributed by atoms with Gasteiger partial charge in [0.2, 0.25) is 0 Å². The lowest BCUT2D eigenvalue weighted by atomic mass is 9.94. The van der Waals surface area contributed by atoms with Crippen molar-refractivity contribution in [1.82, 2.24) is 9.88 Å². The molecule has 26 heavy (non-hydrogen) atoms. The van der Waals surface area contributed by atoms with Crippen LogP contribution < -0.4 is 5.73 Å². The molecule has 1 saturated heterocycles. The van der Waals surface area contributed by atoms with Crippen molar-refractivity contribution in [3.8, 4) is 10.6 Å². The van der Waals surface area contributed by atoms with Crippen LogP contribution in [0, 0.1) is 0 Å². The minimum atomic E-state index is -0.510. The number of carbonyl (C=O) groups is 1. The Hall–Kier alpha value is -1.92. The summed E-state index contributed by atoms with van der Waals surface area (Å²) in [7, 11) is 0. The van der Waals surface area contributed by atoms with Crippen LogP contribution >= 0.6 is 11.3 Å². The largest absolute Gasteiger partial charge is 0.444 e. The minimum absolute atomic E-state index is 0.0573. The summed E-state index contributed by atoms with van der Waals surface area (Å²) in [6.45, 7) is 6.34. The normalized spacial score (nSPS) is 20.8. The third-order valence-electron chi connectivity index (χ3n) is 4.45. The molecule has 0 aliphatic carbocycles. The van der Waals surface area contributed by atoms with Gasteiger partial charge in [-0.15, -0.1) is 11.3 Å². The first-order chi connectivity index (χ1) is 12.3. The Morgan fingerprint density at radius 1 is 1.35 bits per heavy atom. The average molecular weight is 374 g/mol. The van der Waals surface area contributed by atoms with E-state index in [9.17, 15) is 4.79 Å². The number of amides is 1. The number of benzene rings is 1. The van der Waals surface area contributed by atoms with Crippen LogP contribution in [-0.2, 0) is 11.2 Å².